The Morgan fingerprint density at radius 2 is 1.58 bits per heavy atom. The Balaban J connectivity index is 2.28. The number of carbonyl (C=O) groups excluding carboxylic acids is 1. The molecule has 2 aromatic rings. The first-order chi connectivity index (χ1) is 8.95. The molecule has 0 saturated carbocycles. The van der Waals surface area contributed by atoms with E-state index in [1.165, 1.54) is 0 Å². The second-order valence-corrected chi connectivity index (χ2v) is 5.38. The summed E-state index contributed by atoms with van der Waals surface area (Å²) < 4.78 is 0. The average Bonchev–Trinajstić information content (AvgIpc) is 2.32. The molecule has 0 saturated heterocycles. The molecule has 5 heteroatoms. The molecule has 1 N–H and O–H groups in total. The van der Waals surface area contributed by atoms with Gasteiger partial charge in [0, 0.05) is 26.3 Å². The van der Waals surface area contributed by atoms with E-state index in [9.17, 15) is 4.79 Å². The van der Waals surface area contributed by atoms with Gasteiger partial charge in [-0.2, -0.15) is 0 Å². The van der Waals surface area contributed by atoms with Crippen LogP contribution in [0.2, 0.25) is 15.1 Å². The van der Waals surface area contributed by atoms with Gasteiger partial charge in [-0.15, -0.1) is 0 Å². The Labute approximate surface area is 126 Å². The topological polar surface area (TPSA) is 29.1 Å². The summed E-state index contributed by atoms with van der Waals surface area (Å²) >= 11 is 17.6. The van der Waals surface area contributed by atoms with E-state index in [2.05, 4.69) is 5.32 Å². The van der Waals surface area contributed by atoms with E-state index in [-0.39, 0.29) is 5.91 Å². The van der Waals surface area contributed by atoms with Gasteiger partial charge < -0.3 is 5.32 Å². The minimum absolute atomic E-state index is 0.283. The van der Waals surface area contributed by atoms with Crippen molar-refractivity contribution < 1.29 is 4.79 Å². The van der Waals surface area contributed by atoms with Crippen molar-refractivity contribution in [1.29, 1.82) is 0 Å². The highest BCUT2D eigenvalue weighted by Crippen LogP contribution is 2.23. The molecule has 2 rings (SSSR count). The summed E-state index contributed by atoms with van der Waals surface area (Å²) in [5.74, 6) is -0.283. The molecule has 2 aromatic carbocycles. The zero-order valence-electron chi connectivity index (χ0n) is 10.0. The predicted molar refractivity (Wildman–Crippen MR) is 80.6 cm³/mol. The van der Waals surface area contributed by atoms with Gasteiger partial charge in [0.15, 0.2) is 0 Å². The largest absolute Gasteiger partial charge is 0.322 e. The fourth-order valence-corrected chi connectivity index (χ4v) is 2.31. The maximum atomic E-state index is 12.1. The van der Waals surface area contributed by atoms with Gasteiger partial charge in [0.2, 0.25) is 0 Å². The highest BCUT2D eigenvalue weighted by Gasteiger charge is 2.10. The standard InChI is InChI=1S/C14H10Cl3NO/c1-8-2-3-10(15)7-13(8)18-14(19)9-4-11(16)6-12(17)5-9/h2-7H,1H3,(H,18,19). The molecule has 0 aliphatic rings. The van der Waals surface area contributed by atoms with Gasteiger partial charge in [0.25, 0.3) is 5.91 Å². The van der Waals surface area contributed by atoms with E-state index in [0.29, 0.717) is 26.3 Å². The van der Waals surface area contributed by atoms with Crippen LogP contribution >= 0.6 is 34.8 Å². The van der Waals surface area contributed by atoms with Crippen molar-refractivity contribution in [3.8, 4) is 0 Å². The van der Waals surface area contributed by atoms with Crippen LogP contribution in [0.3, 0.4) is 0 Å². The Morgan fingerprint density at radius 3 is 2.21 bits per heavy atom. The van der Waals surface area contributed by atoms with Crippen LogP contribution in [0.4, 0.5) is 5.69 Å². The fraction of sp³-hybridized carbons (Fsp3) is 0.0714. The number of halogens is 3. The summed E-state index contributed by atoms with van der Waals surface area (Å²) in [6.45, 7) is 1.89. The number of carbonyl (C=O) groups is 1. The number of amides is 1. The third-order valence-electron chi connectivity index (χ3n) is 2.57. The molecule has 98 valence electrons. The number of hydrogen-bond acceptors (Lipinski definition) is 1. The number of rotatable bonds is 2. The number of anilines is 1. The molecule has 0 heterocycles. The molecule has 0 unspecified atom stereocenters. The quantitative estimate of drug-likeness (QED) is 0.810. The van der Waals surface area contributed by atoms with Crippen molar-refractivity contribution in [2.45, 2.75) is 6.92 Å². The van der Waals surface area contributed by atoms with Crippen molar-refractivity contribution in [1.82, 2.24) is 0 Å². The number of benzene rings is 2. The van der Waals surface area contributed by atoms with Gasteiger partial charge in [-0.3, -0.25) is 4.79 Å². The second-order valence-electron chi connectivity index (χ2n) is 4.07. The summed E-state index contributed by atoms with van der Waals surface area (Å²) in [5.41, 5.74) is 1.98. The van der Waals surface area contributed by atoms with Crippen molar-refractivity contribution in [3.05, 3.63) is 62.6 Å². The molecular weight excluding hydrogens is 305 g/mol. The van der Waals surface area contributed by atoms with E-state index in [1.807, 2.05) is 13.0 Å². The summed E-state index contributed by atoms with van der Waals surface area (Å²) in [4.78, 5) is 12.1. The zero-order chi connectivity index (χ0) is 14.0. The maximum absolute atomic E-state index is 12.1. The van der Waals surface area contributed by atoms with Crippen molar-refractivity contribution in [2.75, 3.05) is 5.32 Å². The first kappa shape index (κ1) is 14.2. The Bertz CT molecular complexity index is 620. The first-order valence-corrected chi connectivity index (χ1v) is 6.63. The van der Waals surface area contributed by atoms with E-state index < -0.39 is 0 Å². The number of aryl methyl sites for hydroxylation is 1. The van der Waals surface area contributed by atoms with Crippen molar-refractivity contribution in [3.63, 3.8) is 0 Å². The molecule has 1 amide bonds. The lowest BCUT2D eigenvalue weighted by atomic mass is 10.1. The Hall–Kier alpha value is -1.22. The van der Waals surface area contributed by atoms with E-state index in [4.69, 9.17) is 34.8 Å². The Kier molecular flexibility index (Phi) is 4.35. The lowest BCUT2D eigenvalue weighted by molar-refractivity contribution is 0.102. The third-order valence-corrected chi connectivity index (χ3v) is 3.24. The summed E-state index contributed by atoms with van der Waals surface area (Å²) in [7, 11) is 0. The monoisotopic (exact) mass is 313 g/mol. The van der Waals surface area contributed by atoms with Crippen LogP contribution in [0.25, 0.3) is 0 Å². The molecule has 0 fully saturated rings. The summed E-state index contributed by atoms with van der Waals surface area (Å²) in [6.07, 6.45) is 0. The molecule has 0 aromatic heterocycles. The van der Waals surface area contributed by atoms with Crippen LogP contribution in [0, 0.1) is 6.92 Å². The lowest BCUT2D eigenvalue weighted by Gasteiger charge is -2.09. The average molecular weight is 315 g/mol. The van der Waals surface area contributed by atoms with Crippen LogP contribution in [-0.2, 0) is 0 Å². The summed E-state index contributed by atoms with van der Waals surface area (Å²) in [6, 6.07) is 9.99. The van der Waals surface area contributed by atoms with Crippen LogP contribution < -0.4 is 5.32 Å². The van der Waals surface area contributed by atoms with Gasteiger partial charge in [-0.25, -0.2) is 0 Å². The van der Waals surface area contributed by atoms with Crippen LogP contribution in [-0.4, -0.2) is 5.91 Å². The highest BCUT2D eigenvalue weighted by atomic mass is 35.5. The molecular formula is C14H10Cl3NO. The zero-order valence-corrected chi connectivity index (χ0v) is 12.3. The van der Waals surface area contributed by atoms with Crippen molar-refractivity contribution >= 4 is 46.4 Å². The molecule has 0 atom stereocenters. The van der Waals surface area contributed by atoms with Gasteiger partial charge in [-0.05, 0) is 42.8 Å². The third kappa shape index (κ3) is 3.63. The molecule has 2 nitrogen and oxygen atoms in total. The molecule has 19 heavy (non-hydrogen) atoms. The molecule has 0 spiro atoms. The van der Waals surface area contributed by atoms with Gasteiger partial charge in [-0.1, -0.05) is 40.9 Å². The van der Waals surface area contributed by atoms with E-state index in [0.717, 1.165) is 5.56 Å². The molecule has 0 aliphatic carbocycles. The SMILES string of the molecule is Cc1ccc(Cl)cc1NC(=O)c1cc(Cl)cc(Cl)c1. The van der Waals surface area contributed by atoms with Crippen LogP contribution in [0.15, 0.2) is 36.4 Å². The number of hydrogen-bond donors (Lipinski definition) is 1. The first-order valence-electron chi connectivity index (χ1n) is 5.49. The van der Waals surface area contributed by atoms with Gasteiger partial charge in [0.05, 0.1) is 0 Å². The van der Waals surface area contributed by atoms with E-state index >= 15 is 0 Å². The van der Waals surface area contributed by atoms with E-state index in [1.54, 1.807) is 30.3 Å². The van der Waals surface area contributed by atoms with Gasteiger partial charge >= 0.3 is 0 Å². The minimum atomic E-state index is -0.283. The van der Waals surface area contributed by atoms with Crippen LogP contribution in [0.5, 0.6) is 0 Å². The normalized spacial score (nSPS) is 10.3. The smallest absolute Gasteiger partial charge is 0.255 e. The molecule has 0 aliphatic heterocycles. The fourth-order valence-electron chi connectivity index (χ4n) is 1.61. The maximum Gasteiger partial charge on any atom is 0.255 e. The minimum Gasteiger partial charge on any atom is -0.322 e. The molecule has 0 radical (unpaired) electrons. The van der Waals surface area contributed by atoms with Gasteiger partial charge in [0.1, 0.15) is 0 Å². The Morgan fingerprint density at radius 1 is 0.947 bits per heavy atom. The predicted octanol–water partition coefficient (Wildman–Crippen LogP) is 5.21. The lowest BCUT2D eigenvalue weighted by Crippen LogP contribution is -2.12. The second kappa shape index (κ2) is 5.83. The summed E-state index contributed by atoms with van der Waals surface area (Å²) in [5, 5.41) is 4.18. The van der Waals surface area contributed by atoms with Crippen molar-refractivity contribution in [2.24, 2.45) is 0 Å². The molecule has 0 bridgehead atoms. The highest BCUT2D eigenvalue weighted by molar-refractivity contribution is 6.35. The van der Waals surface area contributed by atoms with Crippen LogP contribution in [0.1, 0.15) is 15.9 Å². The number of nitrogens with one attached hydrogen (secondary N) is 1.